The maximum Gasteiger partial charge on any atom is 0.471 e. The van der Waals surface area contributed by atoms with Gasteiger partial charge in [0.05, 0.1) is 6.54 Å². The Morgan fingerprint density at radius 3 is 2.43 bits per heavy atom. The molecule has 0 aliphatic carbocycles. The van der Waals surface area contributed by atoms with Crippen molar-refractivity contribution in [2.24, 2.45) is 0 Å². The van der Waals surface area contributed by atoms with Crippen molar-refractivity contribution < 1.29 is 27.6 Å². The molecule has 2 saturated heterocycles. The molecule has 0 N–H and O–H groups in total. The molecule has 2 fully saturated rings. The van der Waals surface area contributed by atoms with Crippen LogP contribution in [0.4, 0.5) is 13.2 Å². The zero-order valence-corrected chi connectivity index (χ0v) is 11.5. The second kappa shape index (κ2) is 5.53. The first-order valence-electron chi connectivity index (χ1n) is 6.62. The van der Waals surface area contributed by atoms with Crippen LogP contribution >= 0.6 is 0 Å². The highest BCUT2D eigenvalue weighted by Crippen LogP contribution is 2.26. The standard InChI is InChI=1S/C12H16F3N3O3/c1-16-5-6-17(7-9(16)19)10(20)8-3-2-4-18(8)11(21)12(13,14)15/h8H,2-7H2,1H3. The lowest BCUT2D eigenvalue weighted by molar-refractivity contribution is -0.187. The zero-order chi connectivity index (χ0) is 15.8. The first-order chi connectivity index (χ1) is 9.71. The fourth-order valence-electron chi connectivity index (χ4n) is 2.59. The van der Waals surface area contributed by atoms with E-state index in [0.717, 1.165) is 0 Å². The number of carbonyl (C=O) groups is 3. The summed E-state index contributed by atoms with van der Waals surface area (Å²) in [5.41, 5.74) is 0. The summed E-state index contributed by atoms with van der Waals surface area (Å²) in [5, 5.41) is 0. The minimum atomic E-state index is -4.99. The molecular formula is C12H16F3N3O3. The number of halogens is 3. The van der Waals surface area contributed by atoms with E-state index >= 15 is 0 Å². The molecule has 9 heteroatoms. The molecule has 0 bridgehead atoms. The molecule has 0 aromatic heterocycles. The van der Waals surface area contributed by atoms with Crippen LogP contribution in [0.25, 0.3) is 0 Å². The molecule has 0 aromatic rings. The number of hydrogen-bond acceptors (Lipinski definition) is 3. The largest absolute Gasteiger partial charge is 0.471 e. The van der Waals surface area contributed by atoms with Crippen LogP contribution < -0.4 is 0 Å². The normalized spacial score (nSPS) is 23.7. The quantitative estimate of drug-likeness (QED) is 0.676. The summed E-state index contributed by atoms with van der Waals surface area (Å²) in [6.45, 7) is 0.368. The van der Waals surface area contributed by atoms with Crippen molar-refractivity contribution in [3.63, 3.8) is 0 Å². The Morgan fingerprint density at radius 2 is 1.86 bits per heavy atom. The molecular weight excluding hydrogens is 291 g/mol. The van der Waals surface area contributed by atoms with Crippen LogP contribution in [-0.2, 0) is 14.4 Å². The Labute approximate surface area is 119 Å². The number of likely N-dealkylation sites (tertiary alicyclic amines) is 1. The molecule has 118 valence electrons. The molecule has 21 heavy (non-hydrogen) atoms. The van der Waals surface area contributed by atoms with Crippen LogP contribution in [0.3, 0.4) is 0 Å². The lowest BCUT2D eigenvalue weighted by atomic mass is 10.1. The molecule has 3 amide bonds. The number of carbonyl (C=O) groups excluding carboxylic acids is 3. The maximum absolute atomic E-state index is 12.5. The fraction of sp³-hybridized carbons (Fsp3) is 0.750. The van der Waals surface area contributed by atoms with E-state index in [2.05, 4.69) is 0 Å². The van der Waals surface area contributed by atoms with Gasteiger partial charge in [0, 0.05) is 26.7 Å². The number of nitrogens with zero attached hydrogens (tertiary/aromatic N) is 3. The second-order valence-corrected chi connectivity index (χ2v) is 5.23. The van der Waals surface area contributed by atoms with Crippen molar-refractivity contribution in [1.82, 2.24) is 14.7 Å². The Balaban J connectivity index is 2.08. The Morgan fingerprint density at radius 1 is 1.19 bits per heavy atom. The number of piperazine rings is 1. The third-order valence-electron chi connectivity index (χ3n) is 3.81. The van der Waals surface area contributed by atoms with Crippen LogP contribution in [0, 0.1) is 0 Å². The van der Waals surface area contributed by atoms with Gasteiger partial charge in [0.15, 0.2) is 0 Å². The monoisotopic (exact) mass is 307 g/mol. The van der Waals surface area contributed by atoms with Crippen molar-refractivity contribution >= 4 is 17.7 Å². The lowest BCUT2D eigenvalue weighted by Crippen LogP contribution is -2.56. The Bertz CT molecular complexity index is 466. The van der Waals surface area contributed by atoms with Gasteiger partial charge in [-0.3, -0.25) is 14.4 Å². The number of alkyl halides is 3. The number of likely N-dealkylation sites (N-methyl/N-ethyl adjacent to an activating group) is 1. The summed E-state index contributed by atoms with van der Waals surface area (Å²) in [6, 6.07) is -1.12. The minimum Gasteiger partial charge on any atom is -0.342 e. The van der Waals surface area contributed by atoms with Crippen LogP contribution in [-0.4, -0.2) is 77.9 Å². The second-order valence-electron chi connectivity index (χ2n) is 5.23. The maximum atomic E-state index is 12.5. The molecule has 0 spiro atoms. The zero-order valence-electron chi connectivity index (χ0n) is 11.5. The van der Waals surface area contributed by atoms with E-state index in [1.807, 2.05) is 0 Å². The summed E-state index contributed by atoms with van der Waals surface area (Å²) in [6.07, 6.45) is -4.44. The predicted molar refractivity (Wildman–Crippen MR) is 65.0 cm³/mol. The van der Waals surface area contributed by atoms with Gasteiger partial charge in [-0.25, -0.2) is 0 Å². The minimum absolute atomic E-state index is 0.0869. The van der Waals surface area contributed by atoms with E-state index in [-0.39, 0.29) is 32.0 Å². The third-order valence-corrected chi connectivity index (χ3v) is 3.81. The molecule has 6 nitrogen and oxygen atoms in total. The average molecular weight is 307 g/mol. The molecule has 0 aromatic carbocycles. The van der Waals surface area contributed by atoms with Gasteiger partial charge in [-0.1, -0.05) is 0 Å². The van der Waals surface area contributed by atoms with Gasteiger partial charge in [-0.05, 0) is 12.8 Å². The highest BCUT2D eigenvalue weighted by atomic mass is 19.4. The van der Waals surface area contributed by atoms with E-state index in [0.29, 0.717) is 17.9 Å². The van der Waals surface area contributed by atoms with Gasteiger partial charge < -0.3 is 14.7 Å². The Hall–Kier alpha value is -1.80. The first kappa shape index (κ1) is 15.6. The van der Waals surface area contributed by atoms with Gasteiger partial charge >= 0.3 is 12.1 Å². The van der Waals surface area contributed by atoms with E-state index in [9.17, 15) is 27.6 Å². The van der Waals surface area contributed by atoms with E-state index in [1.165, 1.54) is 9.80 Å². The lowest BCUT2D eigenvalue weighted by Gasteiger charge is -2.35. The van der Waals surface area contributed by atoms with Gasteiger partial charge in [0.1, 0.15) is 6.04 Å². The van der Waals surface area contributed by atoms with Gasteiger partial charge in [-0.2, -0.15) is 13.2 Å². The predicted octanol–water partition coefficient (Wildman–Crippen LogP) is -0.160. The van der Waals surface area contributed by atoms with Gasteiger partial charge in [0.25, 0.3) is 0 Å². The van der Waals surface area contributed by atoms with Crippen LogP contribution in [0.15, 0.2) is 0 Å². The topological polar surface area (TPSA) is 60.9 Å². The molecule has 2 aliphatic heterocycles. The summed E-state index contributed by atoms with van der Waals surface area (Å²) in [7, 11) is 1.60. The number of amides is 3. The smallest absolute Gasteiger partial charge is 0.342 e. The Kier molecular flexibility index (Phi) is 4.11. The van der Waals surface area contributed by atoms with Crippen molar-refractivity contribution in [2.45, 2.75) is 25.1 Å². The molecule has 1 atom stereocenters. The van der Waals surface area contributed by atoms with E-state index in [1.54, 1.807) is 7.05 Å². The van der Waals surface area contributed by atoms with E-state index in [4.69, 9.17) is 0 Å². The molecule has 2 heterocycles. The van der Waals surface area contributed by atoms with Crippen LogP contribution in [0.2, 0.25) is 0 Å². The van der Waals surface area contributed by atoms with Crippen molar-refractivity contribution in [2.75, 3.05) is 33.2 Å². The van der Waals surface area contributed by atoms with Gasteiger partial charge in [-0.15, -0.1) is 0 Å². The summed E-state index contributed by atoms with van der Waals surface area (Å²) in [5.74, 6) is -2.83. The van der Waals surface area contributed by atoms with Crippen LogP contribution in [0.5, 0.6) is 0 Å². The number of hydrogen-bond donors (Lipinski definition) is 0. The van der Waals surface area contributed by atoms with Crippen LogP contribution in [0.1, 0.15) is 12.8 Å². The molecule has 2 rings (SSSR count). The molecule has 2 aliphatic rings. The van der Waals surface area contributed by atoms with Crippen molar-refractivity contribution in [3.05, 3.63) is 0 Å². The molecule has 1 unspecified atom stereocenters. The molecule has 0 radical (unpaired) electrons. The van der Waals surface area contributed by atoms with Crippen molar-refractivity contribution in [3.8, 4) is 0 Å². The van der Waals surface area contributed by atoms with Gasteiger partial charge in [0.2, 0.25) is 11.8 Å². The molecule has 0 saturated carbocycles. The van der Waals surface area contributed by atoms with E-state index < -0.39 is 24.0 Å². The average Bonchev–Trinajstić information content (AvgIpc) is 2.88. The number of rotatable bonds is 1. The summed E-state index contributed by atoms with van der Waals surface area (Å²) < 4.78 is 37.5. The van der Waals surface area contributed by atoms with Crippen molar-refractivity contribution in [1.29, 1.82) is 0 Å². The first-order valence-corrected chi connectivity index (χ1v) is 6.62. The third kappa shape index (κ3) is 3.11. The highest BCUT2D eigenvalue weighted by Gasteiger charge is 2.48. The summed E-state index contributed by atoms with van der Waals surface area (Å²) >= 11 is 0. The SMILES string of the molecule is CN1CCN(C(=O)C2CCCN2C(=O)C(F)(F)F)CC1=O. The highest BCUT2D eigenvalue weighted by molar-refractivity contribution is 5.92. The fourth-order valence-corrected chi connectivity index (χ4v) is 2.59. The summed E-state index contributed by atoms with van der Waals surface area (Å²) in [4.78, 5) is 38.5.